The van der Waals surface area contributed by atoms with Crippen LogP contribution in [0.4, 0.5) is 0 Å². The highest BCUT2D eigenvalue weighted by molar-refractivity contribution is 6.32. The summed E-state index contributed by atoms with van der Waals surface area (Å²) in [6.45, 7) is 9.81. The molecule has 1 aromatic rings. The quantitative estimate of drug-likeness (QED) is 0.813. The summed E-state index contributed by atoms with van der Waals surface area (Å²) in [6.07, 6.45) is 0. The van der Waals surface area contributed by atoms with Gasteiger partial charge in [-0.15, -0.1) is 0 Å². The first-order valence-electron chi connectivity index (χ1n) is 5.26. The normalized spacial score (nSPS) is 15.5. The van der Waals surface area contributed by atoms with Crippen LogP contribution < -0.4 is 0 Å². The molecule has 1 N–H and O–H groups in total. The fraction of sp³-hybridized carbons (Fsp3) is 0.538. The van der Waals surface area contributed by atoms with E-state index < -0.39 is 5.60 Å². The number of aliphatic hydroxyl groups is 1. The molecule has 0 fully saturated rings. The zero-order valence-electron chi connectivity index (χ0n) is 10.1. The molecule has 0 saturated carbocycles. The first kappa shape index (κ1) is 12.5. The van der Waals surface area contributed by atoms with Crippen LogP contribution in [-0.4, -0.2) is 5.11 Å². The highest BCUT2D eigenvalue weighted by Crippen LogP contribution is 2.32. The van der Waals surface area contributed by atoms with Gasteiger partial charge in [0.1, 0.15) is 0 Å². The van der Waals surface area contributed by atoms with Gasteiger partial charge in [0, 0.05) is 5.02 Å². The SMILES string of the molecule is Cc1cc([C@@](C)(O)C(C)C)cc(C)c1Cl. The Hall–Kier alpha value is -0.530. The van der Waals surface area contributed by atoms with Gasteiger partial charge in [-0.1, -0.05) is 37.6 Å². The molecule has 0 bridgehead atoms. The van der Waals surface area contributed by atoms with Crippen molar-refractivity contribution in [3.05, 3.63) is 33.8 Å². The molecule has 84 valence electrons. The Labute approximate surface area is 97.1 Å². The second-order valence-electron chi connectivity index (χ2n) is 4.73. The Kier molecular flexibility index (Phi) is 3.47. The lowest BCUT2D eigenvalue weighted by atomic mass is 9.84. The molecule has 0 aliphatic carbocycles. The van der Waals surface area contributed by atoms with Gasteiger partial charge in [-0.2, -0.15) is 0 Å². The second kappa shape index (κ2) is 4.15. The minimum absolute atomic E-state index is 0.178. The third-order valence-electron chi connectivity index (χ3n) is 3.15. The fourth-order valence-electron chi connectivity index (χ4n) is 1.57. The molecule has 0 radical (unpaired) electrons. The van der Waals surface area contributed by atoms with Crippen molar-refractivity contribution in [2.24, 2.45) is 5.92 Å². The number of benzene rings is 1. The van der Waals surface area contributed by atoms with Gasteiger partial charge in [0.15, 0.2) is 0 Å². The van der Waals surface area contributed by atoms with E-state index in [1.807, 2.05) is 46.8 Å². The lowest BCUT2D eigenvalue weighted by molar-refractivity contribution is 0.00895. The van der Waals surface area contributed by atoms with Gasteiger partial charge in [-0.05, 0) is 43.4 Å². The zero-order valence-corrected chi connectivity index (χ0v) is 10.8. The minimum atomic E-state index is -0.792. The monoisotopic (exact) mass is 226 g/mol. The third-order valence-corrected chi connectivity index (χ3v) is 3.74. The zero-order chi connectivity index (χ0) is 11.8. The average Bonchev–Trinajstić information content (AvgIpc) is 2.13. The molecule has 15 heavy (non-hydrogen) atoms. The molecular formula is C13H19ClO. The van der Waals surface area contributed by atoms with Gasteiger partial charge < -0.3 is 5.11 Å². The molecule has 1 nitrogen and oxygen atoms in total. The molecule has 1 atom stereocenters. The maximum Gasteiger partial charge on any atom is 0.0891 e. The lowest BCUT2D eigenvalue weighted by Gasteiger charge is -2.29. The Bertz CT molecular complexity index is 344. The van der Waals surface area contributed by atoms with E-state index in [-0.39, 0.29) is 5.92 Å². The minimum Gasteiger partial charge on any atom is -0.385 e. The van der Waals surface area contributed by atoms with Crippen LogP contribution in [0.5, 0.6) is 0 Å². The Balaban J connectivity index is 3.28. The van der Waals surface area contributed by atoms with Crippen LogP contribution in [0.3, 0.4) is 0 Å². The van der Waals surface area contributed by atoms with E-state index in [1.165, 1.54) is 0 Å². The topological polar surface area (TPSA) is 20.2 Å². The highest BCUT2D eigenvalue weighted by Gasteiger charge is 2.27. The van der Waals surface area contributed by atoms with Crippen molar-refractivity contribution in [3.63, 3.8) is 0 Å². The van der Waals surface area contributed by atoms with Crippen LogP contribution in [0, 0.1) is 19.8 Å². The van der Waals surface area contributed by atoms with E-state index in [9.17, 15) is 5.11 Å². The van der Waals surface area contributed by atoms with Gasteiger partial charge >= 0.3 is 0 Å². The molecule has 0 aliphatic rings. The summed E-state index contributed by atoms with van der Waals surface area (Å²) in [5.41, 5.74) is 2.19. The fourth-order valence-corrected chi connectivity index (χ4v) is 1.68. The molecule has 1 aromatic carbocycles. The molecular weight excluding hydrogens is 208 g/mol. The molecule has 0 unspecified atom stereocenters. The Morgan fingerprint density at radius 3 is 1.93 bits per heavy atom. The third kappa shape index (κ3) is 2.35. The number of aryl methyl sites for hydroxylation is 2. The van der Waals surface area contributed by atoms with Crippen molar-refractivity contribution in [2.45, 2.75) is 40.2 Å². The molecule has 2 heteroatoms. The first-order chi connectivity index (χ1) is 6.76. The van der Waals surface area contributed by atoms with Crippen molar-refractivity contribution < 1.29 is 5.11 Å². The standard InChI is InChI=1S/C13H19ClO/c1-8(2)13(5,15)11-6-9(3)12(14)10(4)7-11/h6-8,15H,1-5H3/t13-/m0/s1. The summed E-state index contributed by atoms with van der Waals surface area (Å²) < 4.78 is 0. The summed E-state index contributed by atoms with van der Waals surface area (Å²) in [5.74, 6) is 0.178. The smallest absolute Gasteiger partial charge is 0.0891 e. The molecule has 0 saturated heterocycles. The van der Waals surface area contributed by atoms with Crippen molar-refractivity contribution in [3.8, 4) is 0 Å². The van der Waals surface area contributed by atoms with Crippen LogP contribution in [0.2, 0.25) is 5.02 Å². The van der Waals surface area contributed by atoms with E-state index in [2.05, 4.69) is 0 Å². The molecule has 0 spiro atoms. The summed E-state index contributed by atoms with van der Waals surface area (Å²) in [7, 11) is 0. The summed E-state index contributed by atoms with van der Waals surface area (Å²) in [6, 6.07) is 3.94. The van der Waals surface area contributed by atoms with Crippen molar-refractivity contribution in [1.82, 2.24) is 0 Å². The molecule has 0 amide bonds. The molecule has 0 heterocycles. The lowest BCUT2D eigenvalue weighted by Crippen LogP contribution is -2.28. The van der Waals surface area contributed by atoms with Crippen molar-refractivity contribution >= 4 is 11.6 Å². The maximum absolute atomic E-state index is 10.4. The van der Waals surface area contributed by atoms with E-state index in [0.717, 1.165) is 21.7 Å². The van der Waals surface area contributed by atoms with E-state index in [4.69, 9.17) is 11.6 Å². The number of halogens is 1. The number of hydrogen-bond acceptors (Lipinski definition) is 1. The Morgan fingerprint density at radius 1 is 1.20 bits per heavy atom. The van der Waals surface area contributed by atoms with Crippen molar-refractivity contribution in [2.75, 3.05) is 0 Å². The van der Waals surface area contributed by atoms with E-state index in [0.29, 0.717) is 0 Å². The molecule has 0 aliphatic heterocycles. The van der Waals surface area contributed by atoms with Crippen molar-refractivity contribution in [1.29, 1.82) is 0 Å². The maximum atomic E-state index is 10.4. The van der Waals surface area contributed by atoms with Gasteiger partial charge in [0.25, 0.3) is 0 Å². The predicted molar refractivity (Wildman–Crippen MR) is 65.3 cm³/mol. The molecule has 1 rings (SSSR count). The van der Waals surface area contributed by atoms with Crippen LogP contribution >= 0.6 is 11.6 Å². The average molecular weight is 227 g/mol. The Morgan fingerprint density at radius 2 is 1.60 bits per heavy atom. The van der Waals surface area contributed by atoms with Gasteiger partial charge in [0.2, 0.25) is 0 Å². The largest absolute Gasteiger partial charge is 0.385 e. The summed E-state index contributed by atoms with van der Waals surface area (Å²) in [5, 5.41) is 11.1. The van der Waals surface area contributed by atoms with Crippen LogP contribution in [0.1, 0.15) is 37.5 Å². The van der Waals surface area contributed by atoms with Crippen LogP contribution in [-0.2, 0) is 5.60 Å². The summed E-state index contributed by atoms with van der Waals surface area (Å²) >= 11 is 6.10. The second-order valence-corrected chi connectivity index (χ2v) is 5.10. The van der Waals surface area contributed by atoms with Crippen LogP contribution in [0.25, 0.3) is 0 Å². The highest BCUT2D eigenvalue weighted by atomic mass is 35.5. The van der Waals surface area contributed by atoms with E-state index >= 15 is 0 Å². The molecule has 0 aromatic heterocycles. The van der Waals surface area contributed by atoms with E-state index in [1.54, 1.807) is 0 Å². The predicted octanol–water partition coefficient (Wildman–Crippen LogP) is 3.82. The van der Waals surface area contributed by atoms with Gasteiger partial charge in [-0.3, -0.25) is 0 Å². The first-order valence-corrected chi connectivity index (χ1v) is 5.64. The van der Waals surface area contributed by atoms with Crippen LogP contribution in [0.15, 0.2) is 12.1 Å². The van der Waals surface area contributed by atoms with Gasteiger partial charge in [-0.25, -0.2) is 0 Å². The number of rotatable bonds is 2. The summed E-state index contributed by atoms with van der Waals surface area (Å²) in [4.78, 5) is 0. The number of hydrogen-bond donors (Lipinski definition) is 1. The van der Waals surface area contributed by atoms with Gasteiger partial charge in [0.05, 0.1) is 5.60 Å².